The third-order valence-electron chi connectivity index (χ3n) is 3.86. The van der Waals surface area contributed by atoms with Gasteiger partial charge in [0.25, 0.3) is 0 Å². The molecule has 0 fully saturated rings. The average molecular weight is 335 g/mol. The maximum absolute atomic E-state index is 11.9. The minimum atomic E-state index is -0.228. The van der Waals surface area contributed by atoms with Crippen molar-refractivity contribution in [1.82, 2.24) is 4.90 Å². The molecule has 1 aromatic rings. The van der Waals surface area contributed by atoms with Crippen LogP contribution in [0.5, 0.6) is 0 Å². The van der Waals surface area contributed by atoms with Gasteiger partial charge in [-0.1, -0.05) is 30.3 Å². The summed E-state index contributed by atoms with van der Waals surface area (Å²) in [7, 11) is 0. The van der Waals surface area contributed by atoms with Gasteiger partial charge >= 0.3 is 11.9 Å². The van der Waals surface area contributed by atoms with E-state index < -0.39 is 0 Å². The van der Waals surface area contributed by atoms with Crippen LogP contribution in [0.2, 0.25) is 0 Å². The molecule has 5 heteroatoms. The number of nitrogens with zero attached hydrogens (tertiary/aromatic N) is 1. The zero-order valence-corrected chi connectivity index (χ0v) is 15.0. The topological polar surface area (TPSA) is 55.8 Å². The highest BCUT2D eigenvalue weighted by molar-refractivity contribution is 5.71. The minimum absolute atomic E-state index is 0.0996. The molecule has 0 radical (unpaired) electrons. The molecular formula is C19H29NO4. The summed E-state index contributed by atoms with van der Waals surface area (Å²) in [4.78, 5) is 25.5. The number of hydrogen-bond donors (Lipinski definition) is 0. The van der Waals surface area contributed by atoms with Crippen LogP contribution >= 0.6 is 0 Å². The second-order valence-electron chi connectivity index (χ2n) is 5.70. The van der Waals surface area contributed by atoms with Gasteiger partial charge in [-0.05, 0) is 39.2 Å². The number of carbonyl (C=O) groups is 2. The first-order chi connectivity index (χ1) is 11.6. The summed E-state index contributed by atoms with van der Waals surface area (Å²) in [5.74, 6) is -0.419. The van der Waals surface area contributed by atoms with Crippen molar-refractivity contribution in [1.29, 1.82) is 0 Å². The van der Waals surface area contributed by atoms with Gasteiger partial charge in [0.15, 0.2) is 0 Å². The number of carbonyl (C=O) groups excluding carboxylic acids is 2. The number of ether oxygens (including phenoxy) is 2. The number of hydrogen-bond acceptors (Lipinski definition) is 5. The Morgan fingerprint density at radius 3 is 2.29 bits per heavy atom. The predicted octanol–water partition coefficient (Wildman–Crippen LogP) is 2.83. The molecule has 0 aliphatic rings. The van der Waals surface area contributed by atoms with Crippen LogP contribution in [0.4, 0.5) is 0 Å². The first-order valence-electron chi connectivity index (χ1n) is 8.66. The normalized spacial score (nSPS) is 12.0. The quantitative estimate of drug-likeness (QED) is 0.582. The lowest BCUT2D eigenvalue weighted by atomic mass is 10.1. The molecule has 0 aliphatic carbocycles. The van der Waals surface area contributed by atoms with E-state index in [1.807, 2.05) is 25.1 Å². The largest absolute Gasteiger partial charge is 0.466 e. The predicted molar refractivity (Wildman–Crippen MR) is 93.7 cm³/mol. The van der Waals surface area contributed by atoms with E-state index in [4.69, 9.17) is 9.47 Å². The Morgan fingerprint density at radius 2 is 1.67 bits per heavy atom. The van der Waals surface area contributed by atoms with E-state index in [1.165, 1.54) is 5.56 Å². The fourth-order valence-electron chi connectivity index (χ4n) is 2.49. The molecule has 0 saturated heterocycles. The van der Waals surface area contributed by atoms with Crippen LogP contribution in [-0.2, 0) is 25.5 Å². The molecule has 1 rings (SSSR count). The van der Waals surface area contributed by atoms with Crippen molar-refractivity contribution < 1.29 is 19.1 Å². The number of rotatable bonds is 11. The molecule has 134 valence electrons. The van der Waals surface area contributed by atoms with Gasteiger partial charge in [-0.3, -0.25) is 14.5 Å². The highest BCUT2D eigenvalue weighted by Crippen LogP contribution is 2.10. The lowest BCUT2D eigenvalue weighted by Gasteiger charge is -2.28. The maximum atomic E-state index is 11.9. The number of esters is 2. The molecule has 0 saturated carbocycles. The van der Waals surface area contributed by atoms with Crippen molar-refractivity contribution in [3.8, 4) is 0 Å². The molecule has 0 aliphatic heterocycles. The van der Waals surface area contributed by atoms with Crippen molar-refractivity contribution in [3.63, 3.8) is 0 Å². The second-order valence-corrected chi connectivity index (χ2v) is 5.70. The SMILES string of the molecule is CCOC(=O)CCC(C)N(CCc1ccccc1)CC(=O)OCC. The molecule has 0 bridgehead atoms. The van der Waals surface area contributed by atoms with Crippen molar-refractivity contribution >= 4 is 11.9 Å². The molecule has 0 aromatic heterocycles. The van der Waals surface area contributed by atoms with E-state index in [0.29, 0.717) is 26.1 Å². The summed E-state index contributed by atoms with van der Waals surface area (Å²) < 4.78 is 10.0. The minimum Gasteiger partial charge on any atom is -0.466 e. The first-order valence-corrected chi connectivity index (χ1v) is 8.66. The van der Waals surface area contributed by atoms with Gasteiger partial charge in [-0.25, -0.2) is 0 Å². The molecule has 5 nitrogen and oxygen atoms in total. The molecule has 0 heterocycles. The van der Waals surface area contributed by atoms with E-state index in [1.54, 1.807) is 13.8 Å². The van der Waals surface area contributed by atoms with Crippen molar-refractivity contribution in [2.75, 3.05) is 26.3 Å². The van der Waals surface area contributed by atoms with Crippen molar-refractivity contribution in [2.24, 2.45) is 0 Å². The monoisotopic (exact) mass is 335 g/mol. The first kappa shape index (κ1) is 20.2. The van der Waals surface area contributed by atoms with Crippen LogP contribution in [0.25, 0.3) is 0 Å². The molecule has 1 aromatic carbocycles. The lowest BCUT2D eigenvalue weighted by Crippen LogP contribution is -2.39. The fourth-order valence-corrected chi connectivity index (χ4v) is 2.49. The van der Waals surface area contributed by atoms with E-state index in [2.05, 4.69) is 17.0 Å². The van der Waals surface area contributed by atoms with E-state index in [0.717, 1.165) is 13.0 Å². The smallest absolute Gasteiger partial charge is 0.320 e. The Bertz CT molecular complexity index is 489. The van der Waals surface area contributed by atoms with Crippen LogP contribution in [0.15, 0.2) is 30.3 Å². The van der Waals surface area contributed by atoms with E-state index >= 15 is 0 Å². The Kier molecular flexibility index (Phi) is 9.77. The Labute approximate surface area is 144 Å². The van der Waals surface area contributed by atoms with Gasteiger partial charge in [-0.2, -0.15) is 0 Å². The number of benzene rings is 1. The molecule has 0 spiro atoms. The highest BCUT2D eigenvalue weighted by Gasteiger charge is 2.19. The summed E-state index contributed by atoms with van der Waals surface area (Å²) in [6, 6.07) is 10.3. The summed E-state index contributed by atoms with van der Waals surface area (Å²) in [5, 5.41) is 0. The van der Waals surface area contributed by atoms with Gasteiger partial charge in [0, 0.05) is 19.0 Å². The van der Waals surface area contributed by atoms with Gasteiger partial charge in [-0.15, -0.1) is 0 Å². The van der Waals surface area contributed by atoms with E-state index in [9.17, 15) is 9.59 Å². The second kappa shape index (κ2) is 11.6. The molecular weight excluding hydrogens is 306 g/mol. The van der Waals surface area contributed by atoms with Gasteiger partial charge in [0.2, 0.25) is 0 Å². The average Bonchev–Trinajstić information content (AvgIpc) is 2.58. The fraction of sp³-hybridized carbons (Fsp3) is 0.579. The van der Waals surface area contributed by atoms with Crippen LogP contribution in [0.1, 0.15) is 39.2 Å². The lowest BCUT2D eigenvalue weighted by molar-refractivity contribution is -0.145. The summed E-state index contributed by atoms with van der Waals surface area (Å²) in [5.41, 5.74) is 1.23. The van der Waals surface area contributed by atoms with Crippen LogP contribution in [0, 0.1) is 0 Å². The summed E-state index contributed by atoms with van der Waals surface area (Å²) in [6.07, 6.45) is 1.87. The van der Waals surface area contributed by atoms with Crippen molar-refractivity contribution in [2.45, 2.75) is 46.1 Å². The third kappa shape index (κ3) is 8.11. The van der Waals surface area contributed by atoms with Gasteiger partial charge in [0.05, 0.1) is 19.8 Å². The van der Waals surface area contributed by atoms with Crippen LogP contribution in [0.3, 0.4) is 0 Å². The Balaban J connectivity index is 2.58. The van der Waals surface area contributed by atoms with Crippen LogP contribution < -0.4 is 0 Å². The maximum Gasteiger partial charge on any atom is 0.320 e. The molecule has 0 amide bonds. The van der Waals surface area contributed by atoms with E-state index in [-0.39, 0.29) is 24.5 Å². The van der Waals surface area contributed by atoms with Crippen molar-refractivity contribution in [3.05, 3.63) is 35.9 Å². The summed E-state index contributed by atoms with van der Waals surface area (Å²) >= 11 is 0. The molecule has 1 atom stereocenters. The summed E-state index contributed by atoms with van der Waals surface area (Å²) in [6.45, 7) is 7.39. The van der Waals surface area contributed by atoms with Gasteiger partial charge in [0.1, 0.15) is 0 Å². The molecule has 24 heavy (non-hydrogen) atoms. The van der Waals surface area contributed by atoms with Gasteiger partial charge < -0.3 is 9.47 Å². The molecule has 0 N–H and O–H groups in total. The Hall–Kier alpha value is -1.88. The zero-order valence-electron chi connectivity index (χ0n) is 15.0. The molecule has 1 unspecified atom stereocenters. The van der Waals surface area contributed by atoms with Crippen LogP contribution in [-0.4, -0.2) is 49.2 Å². The third-order valence-corrected chi connectivity index (χ3v) is 3.86. The highest BCUT2D eigenvalue weighted by atomic mass is 16.5. The Morgan fingerprint density at radius 1 is 1.04 bits per heavy atom. The zero-order chi connectivity index (χ0) is 17.8. The standard InChI is InChI=1S/C19H29NO4/c1-4-23-18(21)12-11-16(3)20(15-19(22)24-5-2)14-13-17-9-7-6-8-10-17/h6-10,16H,4-5,11-15H2,1-3H3.